The van der Waals surface area contributed by atoms with Crippen molar-refractivity contribution in [2.75, 3.05) is 59.4 Å². The fourth-order valence-corrected chi connectivity index (χ4v) is 5.15. The lowest BCUT2D eigenvalue weighted by molar-refractivity contribution is 0.0203. The molecule has 0 unspecified atom stereocenters. The second-order valence-electron chi connectivity index (χ2n) is 11.7. The highest BCUT2D eigenvalue weighted by atomic mass is 16.6. The van der Waals surface area contributed by atoms with Crippen LogP contribution in [0.15, 0.2) is 30.5 Å². The van der Waals surface area contributed by atoms with Crippen LogP contribution in [0.25, 0.3) is 5.69 Å². The zero-order chi connectivity index (χ0) is 27.3. The first-order valence-corrected chi connectivity index (χ1v) is 13.9. The number of nitrogens with one attached hydrogen (secondary N) is 1. The number of piperazine rings is 1. The number of carbonyl (C=O) groups excluding carboxylic acids is 2. The Labute approximate surface area is 227 Å². The molecule has 1 N–H and O–H groups in total. The van der Waals surface area contributed by atoms with Crippen molar-refractivity contribution in [3.05, 3.63) is 47.3 Å². The summed E-state index contributed by atoms with van der Waals surface area (Å²) in [5.74, 6) is 0.0369. The Balaban J connectivity index is 1.44. The van der Waals surface area contributed by atoms with Crippen LogP contribution in [0.1, 0.15) is 67.6 Å². The molecule has 2 aliphatic heterocycles. The molecule has 0 bridgehead atoms. The number of amides is 2. The molecule has 2 aromatic rings. The predicted molar refractivity (Wildman–Crippen MR) is 149 cm³/mol. The molecule has 0 aliphatic carbocycles. The monoisotopic (exact) mass is 524 g/mol. The number of likely N-dealkylation sites (N-methyl/N-ethyl adjacent to an activating group) is 1. The first-order valence-electron chi connectivity index (χ1n) is 13.9. The van der Waals surface area contributed by atoms with Crippen molar-refractivity contribution in [2.24, 2.45) is 0 Å². The van der Waals surface area contributed by atoms with E-state index in [2.05, 4.69) is 46.3 Å². The van der Waals surface area contributed by atoms with Crippen LogP contribution in [-0.2, 0) is 4.74 Å². The van der Waals surface area contributed by atoms with Crippen molar-refractivity contribution in [2.45, 2.75) is 58.5 Å². The molecule has 2 aliphatic rings. The molecule has 2 fully saturated rings. The van der Waals surface area contributed by atoms with Crippen LogP contribution in [0, 0.1) is 6.92 Å². The minimum Gasteiger partial charge on any atom is -0.444 e. The van der Waals surface area contributed by atoms with E-state index in [4.69, 9.17) is 4.74 Å². The predicted octanol–water partition coefficient (Wildman–Crippen LogP) is 3.66. The quantitative estimate of drug-likeness (QED) is 0.557. The van der Waals surface area contributed by atoms with Crippen LogP contribution in [0.5, 0.6) is 0 Å². The molecule has 3 heterocycles. The maximum atomic E-state index is 13.4. The Morgan fingerprint density at radius 3 is 2.32 bits per heavy atom. The second-order valence-corrected chi connectivity index (χ2v) is 11.7. The van der Waals surface area contributed by atoms with E-state index in [9.17, 15) is 9.59 Å². The smallest absolute Gasteiger partial charge is 0.410 e. The van der Waals surface area contributed by atoms with E-state index in [1.54, 1.807) is 11.1 Å². The van der Waals surface area contributed by atoms with Gasteiger partial charge >= 0.3 is 6.09 Å². The van der Waals surface area contributed by atoms with E-state index in [0.717, 1.165) is 63.4 Å². The molecule has 0 saturated carbocycles. The molecule has 1 aromatic heterocycles. The summed E-state index contributed by atoms with van der Waals surface area (Å²) in [5, 5.41) is 7.80. The summed E-state index contributed by atoms with van der Waals surface area (Å²) in [6, 6.07) is 8.20. The number of hydrogen-bond acceptors (Lipinski definition) is 6. The van der Waals surface area contributed by atoms with E-state index in [1.807, 2.05) is 37.6 Å². The minimum atomic E-state index is -0.520. The lowest BCUT2D eigenvalue weighted by Gasteiger charge is -2.34. The molecular weight excluding hydrogens is 480 g/mol. The van der Waals surface area contributed by atoms with Gasteiger partial charge in [-0.25, -0.2) is 9.48 Å². The van der Waals surface area contributed by atoms with Crippen molar-refractivity contribution >= 4 is 12.0 Å². The van der Waals surface area contributed by atoms with Gasteiger partial charge in [0, 0.05) is 51.7 Å². The van der Waals surface area contributed by atoms with Gasteiger partial charge in [0.2, 0.25) is 0 Å². The average molecular weight is 525 g/mol. The highest BCUT2D eigenvalue weighted by Gasteiger charge is 2.32. The van der Waals surface area contributed by atoms with Crippen LogP contribution >= 0.6 is 0 Å². The SMILES string of the molecule is Cc1ccc(-n2ncc(C(=O)NCCCN3CCN(C)CC3)c2C2CCN(C(=O)OC(C)(C)C)CC2)cc1. The third kappa shape index (κ3) is 7.35. The fourth-order valence-electron chi connectivity index (χ4n) is 5.15. The molecule has 1 aromatic carbocycles. The normalized spacial score (nSPS) is 18.0. The Hall–Kier alpha value is -2.91. The highest BCUT2D eigenvalue weighted by molar-refractivity contribution is 5.95. The molecule has 2 saturated heterocycles. The number of aromatic nitrogens is 2. The fraction of sp³-hybridized carbons (Fsp3) is 0.621. The van der Waals surface area contributed by atoms with Gasteiger partial charge in [0.1, 0.15) is 5.60 Å². The number of aryl methyl sites for hydroxylation is 1. The van der Waals surface area contributed by atoms with Crippen molar-refractivity contribution in [1.29, 1.82) is 0 Å². The van der Waals surface area contributed by atoms with Crippen molar-refractivity contribution < 1.29 is 14.3 Å². The molecule has 4 rings (SSSR count). The molecule has 9 nitrogen and oxygen atoms in total. The van der Waals surface area contributed by atoms with Gasteiger partial charge in [-0.2, -0.15) is 5.10 Å². The van der Waals surface area contributed by atoms with Crippen LogP contribution in [-0.4, -0.2) is 101 Å². The largest absolute Gasteiger partial charge is 0.444 e. The van der Waals surface area contributed by atoms with Gasteiger partial charge in [-0.05, 0) is 72.7 Å². The maximum Gasteiger partial charge on any atom is 0.410 e. The molecule has 2 amide bonds. The summed E-state index contributed by atoms with van der Waals surface area (Å²) in [7, 11) is 2.16. The second kappa shape index (κ2) is 12.3. The minimum absolute atomic E-state index is 0.0775. The molecule has 0 radical (unpaired) electrons. The lowest BCUT2D eigenvalue weighted by Crippen LogP contribution is -2.45. The molecule has 9 heteroatoms. The maximum absolute atomic E-state index is 13.4. The zero-order valence-electron chi connectivity index (χ0n) is 23.7. The molecular formula is C29H44N6O3. The third-order valence-electron chi connectivity index (χ3n) is 7.40. The van der Waals surface area contributed by atoms with Crippen molar-refractivity contribution in [3.8, 4) is 5.69 Å². The summed E-state index contributed by atoms with van der Waals surface area (Å²) in [4.78, 5) is 32.5. The number of carbonyl (C=O) groups is 2. The lowest BCUT2D eigenvalue weighted by atomic mass is 9.90. The number of hydrogen-bond donors (Lipinski definition) is 1. The van der Waals surface area contributed by atoms with Crippen molar-refractivity contribution in [3.63, 3.8) is 0 Å². The number of ether oxygens (including phenoxy) is 1. The van der Waals surface area contributed by atoms with E-state index in [1.165, 1.54) is 5.56 Å². The van der Waals surface area contributed by atoms with Gasteiger partial charge < -0.3 is 24.8 Å². The van der Waals surface area contributed by atoms with Crippen LogP contribution in [0.2, 0.25) is 0 Å². The standard InChI is InChI=1S/C29H44N6O3/c1-22-7-9-24(10-8-22)35-26(23-11-15-34(16-12-23)28(37)38-29(2,3)4)25(21-31-35)27(36)30-13-6-14-33-19-17-32(5)18-20-33/h7-10,21,23H,6,11-20H2,1-5H3,(H,30,36). The summed E-state index contributed by atoms with van der Waals surface area (Å²) in [6.45, 7) is 14.9. The van der Waals surface area contributed by atoms with E-state index in [0.29, 0.717) is 25.2 Å². The first kappa shape index (κ1) is 28.1. The Morgan fingerprint density at radius 2 is 1.68 bits per heavy atom. The van der Waals surface area contributed by atoms with E-state index < -0.39 is 5.60 Å². The Morgan fingerprint density at radius 1 is 1.03 bits per heavy atom. The number of piperidine rings is 1. The molecule has 208 valence electrons. The van der Waals surface area contributed by atoms with Gasteiger partial charge in [-0.3, -0.25) is 4.79 Å². The first-order chi connectivity index (χ1) is 18.1. The summed E-state index contributed by atoms with van der Waals surface area (Å²) >= 11 is 0. The topological polar surface area (TPSA) is 82.9 Å². The number of rotatable bonds is 7. The summed E-state index contributed by atoms with van der Waals surface area (Å²) in [6.07, 6.45) is 3.85. The average Bonchev–Trinajstić information content (AvgIpc) is 3.32. The van der Waals surface area contributed by atoms with Gasteiger partial charge in [-0.15, -0.1) is 0 Å². The third-order valence-corrected chi connectivity index (χ3v) is 7.40. The van der Waals surface area contributed by atoms with Crippen LogP contribution < -0.4 is 5.32 Å². The van der Waals surface area contributed by atoms with Gasteiger partial charge in [-0.1, -0.05) is 17.7 Å². The van der Waals surface area contributed by atoms with Crippen molar-refractivity contribution in [1.82, 2.24) is 29.8 Å². The molecule has 0 atom stereocenters. The highest BCUT2D eigenvalue weighted by Crippen LogP contribution is 2.33. The number of nitrogens with zero attached hydrogens (tertiary/aromatic N) is 5. The number of likely N-dealkylation sites (tertiary alicyclic amines) is 1. The van der Waals surface area contributed by atoms with Gasteiger partial charge in [0.25, 0.3) is 5.91 Å². The van der Waals surface area contributed by atoms with Crippen LogP contribution in [0.4, 0.5) is 4.79 Å². The van der Waals surface area contributed by atoms with Gasteiger partial charge in [0.15, 0.2) is 0 Å². The zero-order valence-corrected chi connectivity index (χ0v) is 23.7. The number of benzene rings is 1. The molecule has 38 heavy (non-hydrogen) atoms. The Kier molecular flexibility index (Phi) is 9.10. The summed E-state index contributed by atoms with van der Waals surface area (Å²) in [5.41, 5.74) is 3.14. The summed E-state index contributed by atoms with van der Waals surface area (Å²) < 4.78 is 7.48. The van der Waals surface area contributed by atoms with E-state index in [-0.39, 0.29) is 17.9 Å². The molecule has 0 spiro atoms. The van der Waals surface area contributed by atoms with Crippen LogP contribution in [0.3, 0.4) is 0 Å². The Bertz CT molecular complexity index is 1070. The van der Waals surface area contributed by atoms with E-state index >= 15 is 0 Å². The van der Waals surface area contributed by atoms with Gasteiger partial charge in [0.05, 0.1) is 23.1 Å².